The van der Waals surface area contributed by atoms with Gasteiger partial charge in [-0.2, -0.15) is 0 Å². The molecule has 3 nitrogen and oxygen atoms in total. The molecule has 1 aromatic rings. The van der Waals surface area contributed by atoms with E-state index in [1.165, 1.54) is 12.8 Å². The SMILES string of the molecule is CCN(Cc1ccc(Cl)s1)C(=O)CC1CCCCC1N.Cl. The van der Waals surface area contributed by atoms with Gasteiger partial charge in [-0.25, -0.2) is 0 Å². The Morgan fingerprint density at radius 3 is 2.71 bits per heavy atom. The molecule has 1 heterocycles. The summed E-state index contributed by atoms with van der Waals surface area (Å²) in [5, 5.41) is 0. The lowest BCUT2D eigenvalue weighted by atomic mass is 9.83. The van der Waals surface area contributed by atoms with Crippen LogP contribution in [0.5, 0.6) is 0 Å². The van der Waals surface area contributed by atoms with E-state index in [-0.39, 0.29) is 24.4 Å². The Morgan fingerprint density at radius 1 is 1.43 bits per heavy atom. The topological polar surface area (TPSA) is 46.3 Å². The third kappa shape index (κ3) is 5.44. The highest BCUT2D eigenvalue weighted by Gasteiger charge is 2.26. The molecule has 1 amide bonds. The van der Waals surface area contributed by atoms with Crippen LogP contribution in [-0.2, 0) is 11.3 Å². The van der Waals surface area contributed by atoms with Gasteiger partial charge in [0.25, 0.3) is 0 Å². The highest BCUT2D eigenvalue weighted by atomic mass is 35.5. The highest BCUT2D eigenvalue weighted by molar-refractivity contribution is 7.16. The van der Waals surface area contributed by atoms with Crippen LogP contribution in [0.2, 0.25) is 4.34 Å². The summed E-state index contributed by atoms with van der Waals surface area (Å²) < 4.78 is 0.776. The molecule has 1 aliphatic carbocycles. The largest absolute Gasteiger partial charge is 0.338 e. The molecule has 1 fully saturated rings. The Kier molecular flexibility index (Phi) is 8.03. The summed E-state index contributed by atoms with van der Waals surface area (Å²) in [6.45, 7) is 3.42. The van der Waals surface area contributed by atoms with E-state index in [0.29, 0.717) is 18.9 Å². The van der Waals surface area contributed by atoms with E-state index >= 15 is 0 Å². The summed E-state index contributed by atoms with van der Waals surface area (Å²) in [5.74, 6) is 0.580. The van der Waals surface area contributed by atoms with Crippen LogP contribution >= 0.6 is 35.3 Å². The number of hydrogen-bond donors (Lipinski definition) is 1. The fourth-order valence-electron chi connectivity index (χ4n) is 2.84. The zero-order valence-electron chi connectivity index (χ0n) is 12.4. The van der Waals surface area contributed by atoms with E-state index in [1.54, 1.807) is 11.3 Å². The number of rotatable bonds is 5. The number of halogens is 2. The Balaban J connectivity index is 0.00000220. The monoisotopic (exact) mass is 350 g/mol. The minimum Gasteiger partial charge on any atom is -0.338 e. The van der Waals surface area contributed by atoms with Gasteiger partial charge >= 0.3 is 0 Å². The molecule has 0 aliphatic heterocycles. The summed E-state index contributed by atoms with van der Waals surface area (Å²) in [7, 11) is 0. The first-order valence-corrected chi connectivity index (χ1v) is 8.57. The normalized spacial score (nSPS) is 21.7. The fraction of sp³-hybridized carbons (Fsp3) is 0.667. The van der Waals surface area contributed by atoms with Crippen molar-refractivity contribution in [3.63, 3.8) is 0 Å². The first-order valence-electron chi connectivity index (χ1n) is 7.37. The van der Waals surface area contributed by atoms with Crippen molar-refractivity contribution in [1.29, 1.82) is 0 Å². The number of nitrogens with zero attached hydrogens (tertiary/aromatic N) is 1. The molecule has 0 spiro atoms. The predicted octanol–water partition coefficient (Wildman–Crippen LogP) is 4.08. The zero-order chi connectivity index (χ0) is 14.5. The van der Waals surface area contributed by atoms with E-state index in [4.69, 9.17) is 17.3 Å². The summed E-state index contributed by atoms with van der Waals surface area (Å²) >= 11 is 7.48. The van der Waals surface area contributed by atoms with Crippen molar-refractivity contribution in [2.24, 2.45) is 11.7 Å². The maximum atomic E-state index is 12.4. The first kappa shape index (κ1) is 18.8. The van der Waals surface area contributed by atoms with Crippen molar-refractivity contribution >= 4 is 41.3 Å². The Hall–Kier alpha value is -0.290. The van der Waals surface area contributed by atoms with Crippen molar-refractivity contribution in [3.8, 4) is 0 Å². The third-order valence-electron chi connectivity index (χ3n) is 4.11. The molecule has 0 saturated heterocycles. The summed E-state index contributed by atoms with van der Waals surface area (Å²) in [5.41, 5.74) is 6.14. The number of carbonyl (C=O) groups is 1. The van der Waals surface area contributed by atoms with E-state index in [9.17, 15) is 4.79 Å². The van der Waals surface area contributed by atoms with Crippen molar-refractivity contribution in [3.05, 3.63) is 21.3 Å². The van der Waals surface area contributed by atoms with Crippen molar-refractivity contribution in [2.75, 3.05) is 6.54 Å². The highest BCUT2D eigenvalue weighted by Crippen LogP contribution is 2.27. The maximum Gasteiger partial charge on any atom is 0.223 e. The average molecular weight is 351 g/mol. The molecule has 120 valence electrons. The van der Waals surface area contributed by atoms with Gasteiger partial charge in [0.1, 0.15) is 0 Å². The van der Waals surface area contributed by atoms with Crippen LogP contribution in [-0.4, -0.2) is 23.4 Å². The summed E-state index contributed by atoms with van der Waals surface area (Å²) in [6, 6.07) is 4.08. The van der Waals surface area contributed by atoms with Gasteiger partial charge in [-0.1, -0.05) is 24.4 Å². The Bertz CT molecular complexity index is 453. The zero-order valence-corrected chi connectivity index (χ0v) is 14.8. The molecule has 2 unspecified atom stereocenters. The molecular formula is C15H24Cl2N2OS. The molecule has 2 N–H and O–H groups in total. The second-order valence-corrected chi connectivity index (χ2v) is 7.33. The molecule has 1 aliphatic rings. The molecule has 0 radical (unpaired) electrons. The molecule has 1 saturated carbocycles. The van der Waals surface area contributed by atoms with E-state index in [0.717, 1.165) is 28.6 Å². The van der Waals surface area contributed by atoms with Crippen LogP contribution in [0, 0.1) is 5.92 Å². The Morgan fingerprint density at radius 2 is 2.14 bits per heavy atom. The Labute approximate surface area is 142 Å². The van der Waals surface area contributed by atoms with Crippen LogP contribution in [0.4, 0.5) is 0 Å². The van der Waals surface area contributed by atoms with E-state index in [1.807, 2.05) is 24.0 Å². The minimum atomic E-state index is 0. The number of nitrogens with two attached hydrogens (primary N) is 1. The lowest BCUT2D eigenvalue weighted by Crippen LogP contribution is -2.38. The van der Waals surface area contributed by atoms with Crippen LogP contribution in [0.15, 0.2) is 12.1 Å². The van der Waals surface area contributed by atoms with Gasteiger partial charge in [0.05, 0.1) is 10.9 Å². The number of amides is 1. The molecule has 2 rings (SSSR count). The number of thiophene rings is 1. The smallest absolute Gasteiger partial charge is 0.223 e. The molecule has 21 heavy (non-hydrogen) atoms. The van der Waals surface area contributed by atoms with Gasteiger partial charge in [0.2, 0.25) is 5.91 Å². The number of carbonyl (C=O) groups excluding carboxylic acids is 1. The van der Waals surface area contributed by atoms with Crippen LogP contribution in [0.1, 0.15) is 43.9 Å². The van der Waals surface area contributed by atoms with Gasteiger partial charge < -0.3 is 10.6 Å². The molecule has 0 aromatic carbocycles. The third-order valence-corrected chi connectivity index (χ3v) is 5.33. The van der Waals surface area contributed by atoms with Gasteiger partial charge in [-0.05, 0) is 37.8 Å². The summed E-state index contributed by atoms with van der Waals surface area (Å²) in [4.78, 5) is 15.5. The van der Waals surface area contributed by atoms with Crippen LogP contribution in [0.3, 0.4) is 0 Å². The molecule has 6 heteroatoms. The van der Waals surface area contributed by atoms with Crippen molar-refractivity contribution < 1.29 is 4.79 Å². The van der Waals surface area contributed by atoms with Crippen LogP contribution < -0.4 is 5.73 Å². The standard InChI is InChI=1S/C15H23ClN2OS.ClH/c1-2-18(10-12-7-8-14(16)20-12)15(19)9-11-5-3-4-6-13(11)17;/h7-8,11,13H,2-6,9-10,17H2,1H3;1H. The fourth-order valence-corrected chi connectivity index (χ4v) is 3.95. The van der Waals surface area contributed by atoms with Crippen molar-refractivity contribution in [1.82, 2.24) is 4.90 Å². The molecule has 0 bridgehead atoms. The lowest BCUT2D eigenvalue weighted by molar-refractivity contribution is -0.133. The summed E-state index contributed by atoms with van der Waals surface area (Å²) in [6.07, 6.45) is 5.16. The molecular weight excluding hydrogens is 327 g/mol. The van der Waals surface area contributed by atoms with E-state index < -0.39 is 0 Å². The minimum absolute atomic E-state index is 0. The second kappa shape index (κ2) is 8.99. The molecule has 2 atom stereocenters. The van der Waals surface area contributed by atoms with Crippen molar-refractivity contribution in [2.45, 2.75) is 51.6 Å². The molecule has 1 aromatic heterocycles. The van der Waals surface area contributed by atoms with E-state index in [2.05, 4.69) is 0 Å². The number of hydrogen-bond acceptors (Lipinski definition) is 3. The van der Waals surface area contributed by atoms with Gasteiger partial charge in [0.15, 0.2) is 0 Å². The average Bonchev–Trinajstić information content (AvgIpc) is 2.84. The predicted molar refractivity (Wildman–Crippen MR) is 92.2 cm³/mol. The first-order chi connectivity index (χ1) is 9.60. The quantitative estimate of drug-likeness (QED) is 0.869. The lowest BCUT2D eigenvalue weighted by Gasteiger charge is -2.30. The van der Waals surface area contributed by atoms with Gasteiger partial charge in [0, 0.05) is 23.9 Å². The van der Waals surface area contributed by atoms with Gasteiger partial charge in [-0.3, -0.25) is 4.79 Å². The van der Waals surface area contributed by atoms with Crippen LogP contribution in [0.25, 0.3) is 0 Å². The maximum absolute atomic E-state index is 12.4. The second-order valence-electron chi connectivity index (χ2n) is 5.53. The van der Waals surface area contributed by atoms with Gasteiger partial charge in [-0.15, -0.1) is 23.7 Å².